The van der Waals surface area contributed by atoms with Gasteiger partial charge in [-0.15, -0.1) is 0 Å². The van der Waals surface area contributed by atoms with Crippen LogP contribution in [0.25, 0.3) is 11.0 Å². The summed E-state index contributed by atoms with van der Waals surface area (Å²) in [6.07, 6.45) is 0. The fourth-order valence-electron chi connectivity index (χ4n) is 2.75. The van der Waals surface area contributed by atoms with Crippen molar-refractivity contribution in [2.45, 2.75) is 20.4 Å². The molecular formula is C20H22N4O. The molecule has 0 aliphatic heterocycles. The largest absolute Gasteiger partial charge is 0.355 e. The predicted octanol–water partition coefficient (Wildman–Crippen LogP) is 3.41. The topological polar surface area (TPSA) is 58.1 Å². The summed E-state index contributed by atoms with van der Waals surface area (Å²) in [6.45, 7) is 6.09. The van der Waals surface area contributed by atoms with Crippen LogP contribution in [0.15, 0.2) is 54.6 Å². The zero-order valence-electron chi connectivity index (χ0n) is 14.6. The van der Waals surface area contributed by atoms with Crippen molar-refractivity contribution in [3.8, 4) is 0 Å². The van der Waals surface area contributed by atoms with Gasteiger partial charge in [-0.3, -0.25) is 4.79 Å². The average Bonchev–Trinajstić information content (AvgIpc) is 2.67. The summed E-state index contributed by atoms with van der Waals surface area (Å²) in [5.74, 6) is 0.429. The fourth-order valence-corrected chi connectivity index (χ4v) is 2.75. The van der Waals surface area contributed by atoms with E-state index >= 15 is 0 Å². The first-order valence-corrected chi connectivity index (χ1v) is 8.56. The second-order valence-corrected chi connectivity index (χ2v) is 5.73. The van der Waals surface area contributed by atoms with E-state index in [-0.39, 0.29) is 5.91 Å². The molecule has 0 aliphatic carbocycles. The highest BCUT2D eigenvalue weighted by Crippen LogP contribution is 2.20. The van der Waals surface area contributed by atoms with Gasteiger partial charge in [-0.25, -0.2) is 9.97 Å². The van der Waals surface area contributed by atoms with Gasteiger partial charge in [0.15, 0.2) is 11.5 Å². The van der Waals surface area contributed by atoms with E-state index in [2.05, 4.69) is 15.2 Å². The normalized spacial score (nSPS) is 10.6. The highest BCUT2D eigenvalue weighted by atomic mass is 16.1. The molecule has 3 aromatic rings. The van der Waals surface area contributed by atoms with Gasteiger partial charge >= 0.3 is 0 Å². The van der Waals surface area contributed by atoms with Crippen LogP contribution in [0.2, 0.25) is 0 Å². The molecule has 1 amide bonds. The molecule has 0 radical (unpaired) electrons. The summed E-state index contributed by atoms with van der Waals surface area (Å²) in [4.78, 5) is 24.1. The third-order valence-corrected chi connectivity index (χ3v) is 4.13. The molecule has 0 unspecified atom stereocenters. The zero-order valence-corrected chi connectivity index (χ0v) is 14.6. The summed E-state index contributed by atoms with van der Waals surface area (Å²) in [5, 5.41) is 2.96. The third kappa shape index (κ3) is 3.76. The maximum absolute atomic E-state index is 12.8. The van der Waals surface area contributed by atoms with Gasteiger partial charge in [0.2, 0.25) is 0 Å². The van der Waals surface area contributed by atoms with Gasteiger partial charge in [-0.2, -0.15) is 0 Å². The number of fused-ring (bicyclic) bond motifs is 1. The Labute approximate surface area is 147 Å². The molecule has 5 nitrogen and oxygen atoms in total. The Kier molecular flexibility index (Phi) is 5.23. The van der Waals surface area contributed by atoms with E-state index in [1.807, 2.05) is 68.4 Å². The van der Waals surface area contributed by atoms with Crippen molar-refractivity contribution in [2.24, 2.45) is 0 Å². The van der Waals surface area contributed by atoms with Crippen molar-refractivity contribution in [1.29, 1.82) is 0 Å². The van der Waals surface area contributed by atoms with Crippen molar-refractivity contribution in [1.82, 2.24) is 15.3 Å². The highest BCUT2D eigenvalue weighted by molar-refractivity contribution is 5.99. The number of amides is 1. The summed E-state index contributed by atoms with van der Waals surface area (Å²) >= 11 is 0. The Hall–Kier alpha value is -2.95. The summed E-state index contributed by atoms with van der Waals surface area (Å²) in [7, 11) is 0. The number of carbonyl (C=O) groups is 1. The van der Waals surface area contributed by atoms with Crippen LogP contribution in [0.3, 0.4) is 0 Å². The van der Waals surface area contributed by atoms with Gasteiger partial charge < -0.3 is 10.2 Å². The van der Waals surface area contributed by atoms with Crippen LogP contribution < -0.4 is 10.2 Å². The van der Waals surface area contributed by atoms with Crippen molar-refractivity contribution < 1.29 is 4.79 Å². The SMILES string of the molecule is CCN(CC)c1nc2ccccc2nc1C(=O)NCc1ccccc1. The van der Waals surface area contributed by atoms with Crippen LogP contribution in [0, 0.1) is 0 Å². The second kappa shape index (κ2) is 7.75. The van der Waals surface area contributed by atoms with Gasteiger partial charge in [-0.05, 0) is 31.5 Å². The molecule has 128 valence electrons. The average molecular weight is 334 g/mol. The highest BCUT2D eigenvalue weighted by Gasteiger charge is 2.19. The summed E-state index contributed by atoms with van der Waals surface area (Å²) in [5.41, 5.74) is 2.94. The van der Waals surface area contributed by atoms with Gasteiger partial charge in [0.1, 0.15) is 0 Å². The second-order valence-electron chi connectivity index (χ2n) is 5.73. The lowest BCUT2D eigenvalue weighted by Gasteiger charge is -2.22. The number of hydrogen-bond donors (Lipinski definition) is 1. The summed E-state index contributed by atoms with van der Waals surface area (Å²) < 4.78 is 0. The molecule has 0 aliphatic rings. The molecule has 0 bridgehead atoms. The van der Waals surface area contributed by atoms with Crippen molar-refractivity contribution in [3.63, 3.8) is 0 Å². The number of para-hydroxylation sites is 2. The van der Waals surface area contributed by atoms with E-state index in [1.165, 1.54) is 0 Å². The number of benzene rings is 2. The Bertz CT molecular complexity index is 860. The van der Waals surface area contributed by atoms with Crippen molar-refractivity contribution >= 4 is 22.8 Å². The van der Waals surface area contributed by atoms with E-state index < -0.39 is 0 Å². The Morgan fingerprint density at radius 3 is 2.16 bits per heavy atom. The van der Waals surface area contributed by atoms with E-state index in [4.69, 9.17) is 4.98 Å². The number of rotatable bonds is 6. The van der Waals surface area contributed by atoms with E-state index in [1.54, 1.807) is 0 Å². The maximum Gasteiger partial charge on any atom is 0.274 e. The lowest BCUT2D eigenvalue weighted by atomic mass is 10.2. The van der Waals surface area contributed by atoms with Crippen LogP contribution in [-0.2, 0) is 6.54 Å². The standard InChI is InChI=1S/C20H22N4O/c1-3-24(4-2)19-18(22-16-12-8-9-13-17(16)23-19)20(25)21-14-15-10-6-5-7-11-15/h5-13H,3-4,14H2,1-2H3,(H,21,25). The maximum atomic E-state index is 12.8. The number of nitrogens with zero attached hydrogens (tertiary/aromatic N) is 3. The van der Waals surface area contributed by atoms with E-state index in [0.29, 0.717) is 18.1 Å². The molecule has 0 saturated carbocycles. The zero-order chi connectivity index (χ0) is 17.6. The first kappa shape index (κ1) is 16.9. The molecule has 0 spiro atoms. The molecule has 1 heterocycles. The van der Waals surface area contributed by atoms with Gasteiger partial charge in [0.25, 0.3) is 5.91 Å². The third-order valence-electron chi connectivity index (χ3n) is 4.13. The molecular weight excluding hydrogens is 312 g/mol. The van der Waals surface area contributed by atoms with E-state index in [0.717, 1.165) is 29.7 Å². The molecule has 0 atom stereocenters. The lowest BCUT2D eigenvalue weighted by molar-refractivity contribution is 0.0946. The van der Waals surface area contributed by atoms with Gasteiger partial charge in [-0.1, -0.05) is 42.5 Å². The minimum Gasteiger partial charge on any atom is -0.355 e. The fraction of sp³-hybridized carbons (Fsp3) is 0.250. The molecule has 2 aromatic carbocycles. The number of aromatic nitrogens is 2. The van der Waals surface area contributed by atoms with E-state index in [9.17, 15) is 4.79 Å². The molecule has 0 saturated heterocycles. The monoisotopic (exact) mass is 334 g/mol. The molecule has 25 heavy (non-hydrogen) atoms. The molecule has 0 fully saturated rings. The smallest absolute Gasteiger partial charge is 0.274 e. The number of anilines is 1. The van der Waals surface area contributed by atoms with Gasteiger partial charge in [0, 0.05) is 19.6 Å². The minimum absolute atomic E-state index is 0.205. The Morgan fingerprint density at radius 2 is 1.52 bits per heavy atom. The Balaban J connectivity index is 1.94. The number of hydrogen-bond acceptors (Lipinski definition) is 4. The van der Waals surface area contributed by atoms with Crippen LogP contribution in [0.1, 0.15) is 29.9 Å². The predicted molar refractivity (Wildman–Crippen MR) is 101 cm³/mol. The minimum atomic E-state index is -0.205. The first-order valence-electron chi connectivity index (χ1n) is 8.56. The molecule has 3 rings (SSSR count). The van der Waals surface area contributed by atoms with Crippen LogP contribution in [0.4, 0.5) is 5.82 Å². The molecule has 1 aromatic heterocycles. The van der Waals surface area contributed by atoms with Crippen molar-refractivity contribution in [3.05, 3.63) is 65.9 Å². The quantitative estimate of drug-likeness (QED) is 0.750. The molecule has 1 N–H and O–H groups in total. The van der Waals surface area contributed by atoms with Crippen LogP contribution in [-0.4, -0.2) is 29.0 Å². The Morgan fingerprint density at radius 1 is 0.920 bits per heavy atom. The summed E-state index contributed by atoms with van der Waals surface area (Å²) in [6, 6.07) is 17.5. The van der Waals surface area contributed by atoms with Crippen molar-refractivity contribution in [2.75, 3.05) is 18.0 Å². The first-order chi connectivity index (χ1) is 12.2. The molecule has 5 heteroatoms. The lowest BCUT2D eigenvalue weighted by Crippen LogP contribution is -2.30. The number of carbonyl (C=O) groups excluding carboxylic acids is 1. The van der Waals surface area contributed by atoms with Crippen LogP contribution in [0.5, 0.6) is 0 Å². The van der Waals surface area contributed by atoms with Gasteiger partial charge in [0.05, 0.1) is 11.0 Å². The van der Waals surface area contributed by atoms with Crippen LogP contribution >= 0.6 is 0 Å². The number of nitrogens with one attached hydrogen (secondary N) is 1.